The number of nitrogens with zero attached hydrogens (tertiary/aromatic N) is 2. The van der Waals surface area contributed by atoms with Crippen molar-refractivity contribution in [2.24, 2.45) is 10.2 Å². The van der Waals surface area contributed by atoms with Crippen molar-refractivity contribution in [2.45, 2.75) is 39.2 Å². The smallest absolute Gasteiger partial charge is 0.0830 e. The summed E-state index contributed by atoms with van der Waals surface area (Å²) in [5, 5.41) is 15.4. The Bertz CT molecular complexity index is 398. The van der Waals surface area contributed by atoms with Gasteiger partial charge < -0.3 is 10.6 Å². The Morgan fingerprint density at radius 2 is 2.17 bits per heavy atom. The molecule has 1 fully saturated rings. The van der Waals surface area contributed by atoms with E-state index in [-0.39, 0.29) is 0 Å². The number of rotatable bonds is 3. The molecule has 1 atom stereocenters. The molecule has 2 N–H and O–H groups in total. The molecule has 2 aliphatic heterocycles. The van der Waals surface area contributed by atoms with Gasteiger partial charge in [-0.15, -0.1) is 0 Å². The van der Waals surface area contributed by atoms with Crippen molar-refractivity contribution in [1.82, 2.24) is 10.6 Å². The van der Waals surface area contributed by atoms with E-state index >= 15 is 0 Å². The highest BCUT2D eigenvalue weighted by Gasteiger charge is 2.15. The molecule has 0 amide bonds. The molecule has 1 unspecified atom stereocenters. The van der Waals surface area contributed by atoms with E-state index in [4.69, 9.17) is 0 Å². The van der Waals surface area contributed by atoms with Crippen LogP contribution in [0.3, 0.4) is 0 Å². The van der Waals surface area contributed by atoms with Crippen molar-refractivity contribution in [3.8, 4) is 0 Å². The first-order valence-corrected chi connectivity index (χ1v) is 6.70. The van der Waals surface area contributed by atoms with Gasteiger partial charge in [-0.2, -0.15) is 10.2 Å². The maximum Gasteiger partial charge on any atom is 0.0830 e. The van der Waals surface area contributed by atoms with E-state index in [1.54, 1.807) is 0 Å². The third kappa shape index (κ3) is 3.53. The zero-order valence-corrected chi connectivity index (χ0v) is 11.2. The molecular weight excluding hydrogens is 224 g/mol. The molecule has 4 heteroatoms. The van der Waals surface area contributed by atoms with Gasteiger partial charge in [-0.25, -0.2) is 0 Å². The fourth-order valence-electron chi connectivity index (χ4n) is 2.19. The highest BCUT2D eigenvalue weighted by molar-refractivity contribution is 5.98. The quantitative estimate of drug-likeness (QED) is 0.591. The Hall–Kier alpha value is -1.42. The van der Waals surface area contributed by atoms with Crippen LogP contribution in [0.1, 0.15) is 33.1 Å². The lowest BCUT2D eigenvalue weighted by atomic mass is 10.0. The van der Waals surface area contributed by atoms with Gasteiger partial charge in [0.05, 0.1) is 17.1 Å². The molecule has 0 aromatic heterocycles. The van der Waals surface area contributed by atoms with Gasteiger partial charge in [0, 0.05) is 12.6 Å². The zero-order chi connectivity index (χ0) is 12.8. The lowest BCUT2D eigenvalue weighted by Gasteiger charge is -2.22. The summed E-state index contributed by atoms with van der Waals surface area (Å²) >= 11 is 0. The molecule has 0 aromatic carbocycles. The molecule has 2 aliphatic rings. The Morgan fingerprint density at radius 1 is 1.28 bits per heavy atom. The molecule has 98 valence electrons. The van der Waals surface area contributed by atoms with E-state index < -0.39 is 0 Å². The van der Waals surface area contributed by atoms with Gasteiger partial charge >= 0.3 is 0 Å². The zero-order valence-electron chi connectivity index (χ0n) is 11.2. The third-order valence-electron chi connectivity index (χ3n) is 3.37. The molecule has 0 radical (unpaired) electrons. The van der Waals surface area contributed by atoms with Gasteiger partial charge in [-0.1, -0.05) is 18.6 Å². The lowest BCUT2D eigenvalue weighted by molar-refractivity contribution is 0.470. The molecule has 0 aromatic rings. The van der Waals surface area contributed by atoms with Crippen LogP contribution in [0.2, 0.25) is 0 Å². The van der Waals surface area contributed by atoms with Crippen LogP contribution >= 0.6 is 0 Å². The Kier molecular flexibility index (Phi) is 4.70. The van der Waals surface area contributed by atoms with Gasteiger partial charge in [0.1, 0.15) is 0 Å². The predicted octanol–water partition coefficient (Wildman–Crippen LogP) is 2.01. The second kappa shape index (κ2) is 6.50. The number of hydrogen-bond donors (Lipinski definition) is 2. The number of dihydropyridines is 1. The van der Waals surface area contributed by atoms with Crippen LogP contribution in [0.5, 0.6) is 0 Å². The highest BCUT2D eigenvalue weighted by Crippen LogP contribution is 2.09. The Labute approximate surface area is 109 Å². The van der Waals surface area contributed by atoms with Gasteiger partial charge in [0.25, 0.3) is 0 Å². The minimum atomic E-state index is 0.406. The minimum absolute atomic E-state index is 0.406. The molecule has 0 saturated carbocycles. The number of piperidine rings is 1. The van der Waals surface area contributed by atoms with Gasteiger partial charge in [0.2, 0.25) is 0 Å². The fraction of sp³-hybridized carbons (Fsp3) is 0.571. The molecule has 2 heterocycles. The van der Waals surface area contributed by atoms with Crippen molar-refractivity contribution in [1.29, 1.82) is 0 Å². The first kappa shape index (κ1) is 13.0. The first-order valence-electron chi connectivity index (χ1n) is 6.70. The summed E-state index contributed by atoms with van der Waals surface area (Å²) in [5.41, 5.74) is 3.08. The summed E-state index contributed by atoms with van der Waals surface area (Å²) in [6.45, 7) is 6.01. The molecular formula is C14H22N4. The summed E-state index contributed by atoms with van der Waals surface area (Å²) in [6, 6.07) is 0.406. The summed E-state index contributed by atoms with van der Waals surface area (Å²) < 4.78 is 0. The maximum absolute atomic E-state index is 4.36. The normalized spacial score (nSPS) is 25.7. The molecule has 0 bridgehead atoms. The van der Waals surface area contributed by atoms with Crippen molar-refractivity contribution in [3.63, 3.8) is 0 Å². The topological polar surface area (TPSA) is 48.8 Å². The number of allylic oxidation sites excluding steroid dienone is 3. The summed E-state index contributed by atoms with van der Waals surface area (Å²) in [4.78, 5) is 0. The Morgan fingerprint density at radius 3 is 2.83 bits per heavy atom. The average Bonchev–Trinajstić information content (AvgIpc) is 2.46. The monoisotopic (exact) mass is 246 g/mol. The summed E-state index contributed by atoms with van der Waals surface area (Å²) in [5.74, 6) is 0. The van der Waals surface area contributed by atoms with Crippen molar-refractivity contribution < 1.29 is 0 Å². The third-order valence-corrected chi connectivity index (χ3v) is 3.37. The van der Waals surface area contributed by atoms with Crippen LogP contribution < -0.4 is 10.6 Å². The Balaban J connectivity index is 1.98. The number of hydrogen-bond acceptors (Lipinski definition) is 4. The molecule has 1 saturated heterocycles. The second-order valence-corrected chi connectivity index (χ2v) is 4.82. The molecule has 4 nitrogen and oxygen atoms in total. The van der Waals surface area contributed by atoms with Crippen LogP contribution in [0.15, 0.2) is 34.1 Å². The van der Waals surface area contributed by atoms with Crippen molar-refractivity contribution in [3.05, 3.63) is 23.9 Å². The minimum Gasteiger partial charge on any atom is -0.380 e. The summed E-state index contributed by atoms with van der Waals surface area (Å²) in [7, 11) is 0. The van der Waals surface area contributed by atoms with E-state index in [1.807, 2.05) is 19.1 Å². The van der Waals surface area contributed by atoms with E-state index in [2.05, 4.69) is 33.8 Å². The average molecular weight is 246 g/mol. The largest absolute Gasteiger partial charge is 0.380 e. The molecule has 2 rings (SSSR count). The van der Waals surface area contributed by atoms with Crippen molar-refractivity contribution in [2.75, 3.05) is 13.1 Å². The summed E-state index contributed by atoms with van der Waals surface area (Å²) in [6.07, 6.45) is 9.89. The van der Waals surface area contributed by atoms with E-state index in [1.165, 1.54) is 19.3 Å². The molecule has 0 aliphatic carbocycles. The van der Waals surface area contributed by atoms with E-state index in [0.29, 0.717) is 6.04 Å². The maximum atomic E-state index is 4.36. The standard InChI is InChI=1S/C14H22N4/c1-11(13-7-3-5-9-15-13)17-18-12(2)14-8-4-6-10-16-14/h3,5,7,14-16H,4,6,8-10H2,1-2H3. The molecule has 0 spiro atoms. The van der Waals surface area contributed by atoms with Gasteiger partial charge in [0.15, 0.2) is 0 Å². The second-order valence-electron chi connectivity index (χ2n) is 4.82. The van der Waals surface area contributed by atoms with E-state index in [9.17, 15) is 0 Å². The predicted molar refractivity (Wildman–Crippen MR) is 77.1 cm³/mol. The van der Waals surface area contributed by atoms with Gasteiger partial charge in [-0.05, 0) is 39.3 Å². The fourth-order valence-corrected chi connectivity index (χ4v) is 2.19. The molecule has 18 heavy (non-hydrogen) atoms. The van der Waals surface area contributed by atoms with Gasteiger partial charge in [-0.3, -0.25) is 0 Å². The van der Waals surface area contributed by atoms with Crippen LogP contribution in [0.25, 0.3) is 0 Å². The van der Waals surface area contributed by atoms with Crippen LogP contribution in [-0.2, 0) is 0 Å². The van der Waals surface area contributed by atoms with Crippen molar-refractivity contribution >= 4 is 11.4 Å². The van der Waals surface area contributed by atoms with Crippen LogP contribution in [-0.4, -0.2) is 30.6 Å². The van der Waals surface area contributed by atoms with E-state index in [0.717, 1.165) is 30.2 Å². The highest BCUT2D eigenvalue weighted by atomic mass is 15.2. The van der Waals surface area contributed by atoms with Crippen LogP contribution in [0.4, 0.5) is 0 Å². The van der Waals surface area contributed by atoms with Crippen LogP contribution in [0, 0.1) is 0 Å². The SMILES string of the molecule is CC(=NN=C(C)C1CCCCN1)C1=CC=CCN1. The number of nitrogens with one attached hydrogen (secondary N) is 2. The first-order chi connectivity index (χ1) is 8.77. The lowest BCUT2D eigenvalue weighted by Crippen LogP contribution is -2.39.